The summed E-state index contributed by atoms with van der Waals surface area (Å²) < 4.78 is 4.93. The van der Waals surface area contributed by atoms with E-state index < -0.39 is 0 Å². The molecule has 2 aromatic rings. The summed E-state index contributed by atoms with van der Waals surface area (Å²) in [5.41, 5.74) is 0.313. The maximum Gasteiger partial charge on any atom is 0.275 e. The Morgan fingerprint density at radius 3 is 2.78 bits per heavy atom. The van der Waals surface area contributed by atoms with E-state index in [1.165, 1.54) is 0 Å². The number of aromatic nitrogens is 3. The molecule has 0 spiro atoms. The van der Waals surface area contributed by atoms with Crippen LogP contribution in [0, 0.1) is 6.92 Å². The molecule has 1 aliphatic heterocycles. The molecule has 1 amide bonds. The predicted octanol–water partition coefficient (Wildman–Crippen LogP) is 1.17. The first kappa shape index (κ1) is 15.4. The summed E-state index contributed by atoms with van der Waals surface area (Å²) in [6.07, 6.45) is 1.61. The lowest BCUT2D eigenvalue weighted by atomic mass is 10.3. The number of aryl methyl sites for hydroxylation is 1. The SMILES string of the molecule is CCN1CCN(c2nccc(C(=O)Nc3cc(C)on3)n2)CC1. The number of nitrogens with one attached hydrogen (secondary N) is 1. The lowest BCUT2D eigenvalue weighted by molar-refractivity contribution is 0.102. The molecule has 0 bridgehead atoms. The first-order chi connectivity index (χ1) is 11.2. The number of anilines is 2. The minimum atomic E-state index is -0.325. The number of hydrogen-bond acceptors (Lipinski definition) is 7. The summed E-state index contributed by atoms with van der Waals surface area (Å²) >= 11 is 0. The van der Waals surface area contributed by atoms with Crippen LogP contribution in [0.1, 0.15) is 23.2 Å². The largest absolute Gasteiger partial charge is 0.360 e. The molecule has 3 rings (SSSR count). The van der Waals surface area contributed by atoms with Crippen molar-refractivity contribution in [3.63, 3.8) is 0 Å². The Hall–Kier alpha value is -2.48. The molecule has 0 atom stereocenters. The van der Waals surface area contributed by atoms with Crippen LogP contribution in [-0.2, 0) is 0 Å². The van der Waals surface area contributed by atoms with Crippen molar-refractivity contribution in [2.75, 3.05) is 42.9 Å². The second-order valence-corrected chi connectivity index (χ2v) is 5.44. The van der Waals surface area contributed by atoms with Crippen molar-refractivity contribution in [3.05, 3.63) is 29.8 Å². The van der Waals surface area contributed by atoms with Gasteiger partial charge in [-0.2, -0.15) is 0 Å². The van der Waals surface area contributed by atoms with Crippen molar-refractivity contribution in [3.8, 4) is 0 Å². The van der Waals surface area contributed by atoms with Crippen LogP contribution < -0.4 is 10.2 Å². The number of rotatable bonds is 4. The molecule has 1 aliphatic rings. The number of piperazine rings is 1. The van der Waals surface area contributed by atoms with Gasteiger partial charge < -0.3 is 19.6 Å². The molecule has 0 aromatic carbocycles. The van der Waals surface area contributed by atoms with Gasteiger partial charge in [0.2, 0.25) is 5.95 Å². The number of nitrogens with zero attached hydrogens (tertiary/aromatic N) is 5. The Labute approximate surface area is 134 Å². The molecule has 0 aliphatic carbocycles. The fourth-order valence-electron chi connectivity index (χ4n) is 2.50. The van der Waals surface area contributed by atoms with Gasteiger partial charge in [-0.1, -0.05) is 12.1 Å². The standard InChI is InChI=1S/C15H20N6O2/c1-3-20-6-8-21(9-7-20)15-16-5-4-12(17-15)14(22)18-13-10-11(2)23-19-13/h4-5,10H,3,6-9H2,1-2H3,(H,18,19,22). The Kier molecular flexibility index (Phi) is 4.52. The van der Waals surface area contributed by atoms with E-state index in [1.807, 2.05) is 0 Å². The van der Waals surface area contributed by atoms with Gasteiger partial charge in [-0.25, -0.2) is 9.97 Å². The van der Waals surface area contributed by atoms with Crippen LogP contribution in [0.25, 0.3) is 0 Å². The van der Waals surface area contributed by atoms with Crippen molar-refractivity contribution in [2.24, 2.45) is 0 Å². The topological polar surface area (TPSA) is 87.4 Å². The highest BCUT2D eigenvalue weighted by atomic mass is 16.5. The smallest absolute Gasteiger partial charge is 0.275 e. The summed E-state index contributed by atoms with van der Waals surface area (Å²) in [5, 5.41) is 6.41. The highest BCUT2D eigenvalue weighted by Gasteiger charge is 2.19. The molecule has 122 valence electrons. The maximum atomic E-state index is 12.2. The highest BCUT2D eigenvalue weighted by molar-refractivity contribution is 6.02. The Morgan fingerprint density at radius 2 is 2.13 bits per heavy atom. The van der Waals surface area contributed by atoms with E-state index in [0.29, 0.717) is 23.2 Å². The van der Waals surface area contributed by atoms with Gasteiger partial charge in [-0.05, 0) is 19.5 Å². The Balaban J connectivity index is 1.68. The maximum absolute atomic E-state index is 12.2. The first-order valence-corrected chi connectivity index (χ1v) is 7.70. The first-order valence-electron chi connectivity index (χ1n) is 7.70. The summed E-state index contributed by atoms with van der Waals surface area (Å²) in [7, 11) is 0. The van der Waals surface area contributed by atoms with Crippen LogP contribution in [0.5, 0.6) is 0 Å². The van der Waals surface area contributed by atoms with Gasteiger partial charge in [0.1, 0.15) is 11.5 Å². The van der Waals surface area contributed by atoms with Crippen LogP contribution in [0.3, 0.4) is 0 Å². The predicted molar refractivity (Wildman–Crippen MR) is 85.6 cm³/mol. The Bertz CT molecular complexity index is 678. The third-order valence-corrected chi connectivity index (χ3v) is 3.85. The van der Waals surface area contributed by atoms with E-state index in [4.69, 9.17) is 4.52 Å². The summed E-state index contributed by atoms with van der Waals surface area (Å²) in [6.45, 7) is 8.66. The van der Waals surface area contributed by atoms with Crippen LogP contribution in [0.2, 0.25) is 0 Å². The van der Waals surface area contributed by atoms with E-state index in [2.05, 4.69) is 37.2 Å². The van der Waals surface area contributed by atoms with Crippen molar-refractivity contribution in [1.29, 1.82) is 0 Å². The number of likely N-dealkylation sites (N-methyl/N-ethyl adjacent to an activating group) is 1. The van der Waals surface area contributed by atoms with Gasteiger partial charge in [0.15, 0.2) is 5.82 Å². The number of hydrogen-bond donors (Lipinski definition) is 1. The van der Waals surface area contributed by atoms with Gasteiger partial charge >= 0.3 is 0 Å². The normalized spacial score (nSPS) is 15.7. The summed E-state index contributed by atoms with van der Waals surface area (Å²) in [4.78, 5) is 25.4. The third kappa shape index (κ3) is 3.65. The zero-order valence-corrected chi connectivity index (χ0v) is 13.3. The van der Waals surface area contributed by atoms with Gasteiger partial charge in [0.05, 0.1) is 0 Å². The van der Waals surface area contributed by atoms with Crippen LogP contribution >= 0.6 is 0 Å². The van der Waals surface area contributed by atoms with Gasteiger partial charge in [0, 0.05) is 38.4 Å². The molecular formula is C15H20N6O2. The molecule has 1 saturated heterocycles. The van der Waals surface area contributed by atoms with Crippen LogP contribution in [0.15, 0.2) is 22.9 Å². The molecule has 8 heteroatoms. The molecule has 23 heavy (non-hydrogen) atoms. The fraction of sp³-hybridized carbons (Fsp3) is 0.467. The molecule has 2 aromatic heterocycles. The molecule has 0 radical (unpaired) electrons. The monoisotopic (exact) mass is 316 g/mol. The molecule has 1 fully saturated rings. The summed E-state index contributed by atoms with van der Waals surface area (Å²) in [5.74, 6) is 1.28. The zero-order valence-electron chi connectivity index (χ0n) is 13.3. The Morgan fingerprint density at radius 1 is 1.35 bits per heavy atom. The molecule has 0 unspecified atom stereocenters. The average Bonchev–Trinajstić information content (AvgIpc) is 3.00. The van der Waals surface area contributed by atoms with Crippen LogP contribution in [0.4, 0.5) is 11.8 Å². The number of carbonyl (C=O) groups excluding carboxylic acids is 1. The highest BCUT2D eigenvalue weighted by Crippen LogP contribution is 2.13. The quantitative estimate of drug-likeness (QED) is 0.905. The van der Waals surface area contributed by atoms with E-state index in [1.54, 1.807) is 25.3 Å². The fourth-order valence-corrected chi connectivity index (χ4v) is 2.50. The molecular weight excluding hydrogens is 296 g/mol. The average molecular weight is 316 g/mol. The molecule has 0 saturated carbocycles. The van der Waals surface area contributed by atoms with Crippen molar-refractivity contribution >= 4 is 17.7 Å². The number of amides is 1. The zero-order chi connectivity index (χ0) is 16.2. The van der Waals surface area contributed by atoms with Gasteiger partial charge in [-0.3, -0.25) is 4.79 Å². The minimum Gasteiger partial charge on any atom is -0.360 e. The van der Waals surface area contributed by atoms with E-state index >= 15 is 0 Å². The van der Waals surface area contributed by atoms with Gasteiger partial charge in [0.25, 0.3) is 5.91 Å². The van der Waals surface area contributed by atoms with Crippen LogP contribution in [-0.4, -0.2) is 58.7 Å². The van der Waals surface area contributed by atoms with Crippen molar-refractivity contribution in [1.82, 2.24) is 20.0 Å². The molecule has 1 N–H and O–H groups in total. The number of carbonyl (C=O) groups is 1. The van der Waals surface area contributed by atoms with E-state index in [9.17, 15) is 4.79 Å². The molecule has 3 heterocycles. The van der Waals surface area contributed by atoms with E-state index in [-0.39, 0.29) is 5.91 Å². The second kappa shape index (κ2) is 6.74. The lowest BCUT2D eigenvalue weighted by Gasteiger charge is -2.34. The lowest BCUT2D eigenvalue weighted by Crippen LogP contribution is -2.46. The van der Waals surface area contributed by atoms with E-state index in [0.717, 1.165) is 32.7 Å². The minimum absolute atomic E-state index is 0.313. The third-order valence-electron chi connectivity index (χ3n) is 3.85. The second-order valence-electron chi connectivity index (χ2n) is 5.44. The van der Waals surface area contributed by atoms with Crippen molar-refractivity contribution < 1.29 is 9.32 Å². The summed E-state index contributed by atoms with van der Waals surface area (Å²) in [6, 6.07) is 3.25. The van der Waals surface area contributed by atoms with Gasteiger partial charge in [-0.15, -0.1) is 0 Å². The molecule has 8 nitrogen and oxygen atoms in total. The van der Waals surface area contributed by atoms with Crippen molar-refractivity contribution in [2.45, 2.75) is 13.8 Å².